The number of aryl methyl sites for hydroxylation is 1. The molecule has 0 aliphatic rings. The van der Waals surface area contributed by atoms with Gasteiger partial charge in [0, 0.05) is 12.5 Å². The molecule has 2 aromatic carbocycles. The zero-order valence-electron chi connectivity index (χ0n) is 11.5. The average molecular weight is 257 g/mol. The predicted molar refractivity (Wildman–Crippen MR) is 78.0 cm³/mol. The molecule has 0 bridgehead atoms. The zero-order valence-corrected chi connectivity index (χ0v) is 11.5. The number of halogens is 1. The summed E-state index contributed by atoms with van der Waals surface area (Å²) in [6, 6.07) is 15.5. The van der Waals surface area contributed by atoms with Crippen LogP contribution in [0.5, 0.6) is 0 Å². The molecule has 1 unspecified atom stereocenters. The molecule has 2 heteroatoms. The first kappa shape index (κ1) is 13.8. The van der Waals surface area contributed by atoms with Crippen molar-refractivity contribution in [2.75, 3.05) is 13.6 Å². The predicted octanol–water partition coefficient (Wildman–Crippen LogP) is 3.68. The molecule has 100 valence electrons. The van der Waals surface area contributed by atoms with Crippen LogP contribution < -0.4 is 5.32 Å². The van der Waals surface area contributed by atoms with Gasteiger partial charge in [-0.2, -0.15) is 0 Å². The molecule has 0 aliphatic carbocycles. The summed E-state index contributed by atoms with van der Waals surface area (Å²) in [5.74, 6) is 0.0452. The maximum absolute atomic E-state index is 13.9. The summed E-state index contributed by atoms with van der Waals surface area (Å²) in [6.45, 7) is 2.85. The van der Waals surface area contributed by atoms with Gasteiger partial charge in [0.15, 0.2) is 0 Å². The van der Waals surface area contributed by atoms with Gasteiger partial charge in [-0.15, -0.1) is 0 Å². The average Bonchev–Trinajstić information content (AvgIpc) is 2.41. The number of hydrogen-bond donors (Lipinski definition) is 1. The summed E-state index contributed by atoms with van der Waals surface area (Å²) in [6.07, 6.45) is 0.849. The molecule has 1 atom stereocenters. The number of likely N-dealkylation sites (N-methyl/N-ethyl adjacent to an activating group) is 1. The molecule has 0 saturated heterocycles. The van der Waals surface area contributed by atoms with Crippen LogP contribution in [0.4, 0.5) is 4.39 Å². The fourth-order valence-electron chi connectivity index (χ4n) is 2.35. The van der Waals surface area contributed by atoms with Crippen LogP contribution in [-0.2, 0) is 6.42 Å². The highest BCUT2D eigenvalue weighted by atomic mass is 19.1. The lowest BCUT2D eigenvalue weighted by molar-refractivity contribution is 0.556. The van der Waals surface area contributed by atoms with E-state index in [9.17, 15) is 4.39 Å². The number of nitrogens with one attached hydrogen (secondary N) is 1. The second kappa shape index (κ2) is 6.48. The summed E-state index contributed by atoms with van der Waals surface area (Å²) in [5.41, 5.74) is 3.28. The SMILES string of the molecule is CNCC(Cc1ccc(C)cc1)c1ccccc1F. The van der Waals surface area contributed by atoms with Gasteiger partial charge in [0.1, 0.15) is 5.82 Å². The van der Waals surface area contributed by atoms with Gasteiger partial charge >= 0.3 is 0 Å². The van der Waals surface area contributed by atoms with Gasteiger partial charge in [-0.3, -0.25) is 0 Å². The van der Waals surface area contributed by atoms with E-state index in [0.29, 0.717) is 0 Å². The lowest BCUT2D eigenvalue weighted by Gasteiger charge is -2.18. The minimum Gasteiger partial charge on any atom is -0.319 e. The highest BCUT2D eigenvalue weighted by molar-refractivity contribution is 5.27. The Morgan fingerprint density at radius 1 is 1.05 bits per heavy atom. The Labute approximate surface area is 114 Å². The molecule has 0 aromatic heterocycles. The van der Waals surface area contributed by atoms with Crippen LogP contribution in [0.3, 0.4) is 0 Å². The number of benzene rings is 2. The van der Waals surface area contributed by atoms with E-state index < -0.39 is 0 Å². The second-order valence-corrected chi connectivity index (χ2v) is 4.97. The topological polar surface area (TPSA) is 12.0 Å². The van der Waals surface area contributed by atoms with Crippen LogP contribution in [0.15, 0.2) is 48.5 Å². The van der Waals surface area contributed by atoms with Gasteiger partial charge in [0.25, 0.3) is 0 Å². The molecular formula is C17H20FN. The summed E-state index contributed by atoms with van der Waals surface area (Å²) in [4.78, 5) is 0. The Morgan fingerprint density at radius 3 is 2.37 bits per heavy atom. The van der Waals surface area contributed by atoms with Gasteiger partial charge in [-0.05, 0) is 37.6 Å². The van der Waals surface area contributed by atoms with Crippen LogP contribution in [0.1, 0.15) is 22.6 Å². The third kappa shape index (κ3) is 3.65. The van der Waals surface area contributed by atoms with Gasteiger partial charge < -0.3 is 5.32 Å². The molecule has 0 amide bonds. The second-order valence-electron chi connectivity index (χ2n) is 4.97. The van der Waals surface area contributed by atoms with Crippen molar-refractivity contribution in [1.82, 2.24) is 5.32 Å². The van der Waals surface area contributed by atoms with Crippen LogP contribution in [0.2, 0.25) is 0 Å². The maximum Gasteiger partial charge on any atom is 0.126 e. The van der Waals surface area contributed by atoms with Gasteiger partial charge in [0.2, 0.25) is 0 Å². The minimum absolute atomic E-state index is 0.116. The van der Waals surface area contributed by atoms with E-state index >= 15 is 0 Å². The van der Waals surface area contributed by atoms with Crippen molar-refractivity contribution in [3.05, 3.63) is 71.0 Å². The lowest BCUT2D eigenvalue weighted by atomic mass is 9.91. The fourth-order valence-corrected chi connectivity index (χ4v) is 2.35. The molecular weight excluding hydrogens is 237 g/mol. The van der Waals surface area contributed by atoms with Crippen molar-refractivity contribution in [2.45, 2.75) is 19.3 Å². The van der Waals surface area contributed by atoms with E-state index in [1.807, 2.05) is 19.2 Å². The highest BCUT2D eigenvalue weighted by Crippen LogP contribution is 2.23. The molecule has 1 nitrogen and oxygen atoms in total. The first-order valence-corrected chi connectivity index (χ1v) is 6.65. The van der Waals surface area contributed by atoms with E-state index in [1.54, 1.807) is 6.07 Å². The van der Waals surface area contributed by atoms with Gasteiger partial charge in [0.05, 0.1) is 0 Å². The van der Waals surface area contributed by atoms with Crippen molar-refractivity contribution in [1.29, 1.82) is 0 Å². The van der Waals surface area contributed by atoms with Crippen LogP contribution in [-0.4, -0.2) is 13.6 Å². The lowest BCUT2D eigenvalue weighted by Crippen LogP contribution is -2.20. The molecule has 0 heterocycles. The maximum atomic E-state index is 13.9. The largest absolute Gasteiger partial charge is 0.319 e. The molecule has 19 heavy (non-hydrogen) atoms. The standard InChI is InChI=1S/C17H20FN/c1-13-7-9-14(10-8-13)11-15(12-19-2)16-5-3-4-6-17(16)18/h3-10,15,19H,11-12H2,1-2H3. The van der Waals surface area contributed by atoms with Crippen molar-refractivity contribution in [3.8, 4) is 0 Å². The van der Waals surface area contributed by atoms with Crippen LogP contribution in [0.25, 0.3) is 0 Å². The summed E-state index contributed by atoms with van der Waals surface area (Å²) in [5, 5.41) is 3.16. The first-order chi connectivity index (χ1) is 9.20. The summed E-state index contributed by atoms with van der Waals surface area (Å²) in [7, 11) is 1.91. The third-order valence-corrected chi connectivity index (χ3v) is 3.40. The van der Waals surface area contributed by atoms with E-state index in [2.05, 4.69) is 36.5 Å². The van der Waals surface area contributed by atoms with Crippen molar-refractivity contribution in [3.63, 3.8) is 0 Å². The van der Waals surface area contributed by atoms with Crippen LogP contribution in [0, 0.1) is 12.7 Å². The molecule has 0 saturated carbocycles. The molecule has 0 fully saturated rings. The van der Waals surface area contributed by atoms with Gasteiger partial charge in [-0.1, -0.05) is 48.0 Å². The van der Waals surface area contributed by atoms with E-state index in [-0.39, 0.29) is 11.7 Å². The number of rotatable bonds is 5. The van der Waals surface area contributed by atoms with Crippen molar-refractivity contribution >= 4 is 0 Å². The monoisotopic (exact) mass is 257 g/mol. The smallest absolute Gasteiger partial charge is 0.126 e. The highest BCUT2D eigenvalue weighted by Gasteiger charge is 2.15. The minimum atomic E-state index is -0.116. The number of hydrogen-bond acceptors (Lipinski definition) is 1. The molecule has 2 rings (SSSR count). The van der Waals surface area contributed by atoms with Gasteiger partial charge in [-0.25, -0.2) is 4.39 Å². The summed E-state index contributed by atoms with van der Waals surface area (Å²) >= 11 is 0. The third-order valence-electron chi connectivity index (χ3n) is 3.40. The molecule has 0 radical (unpaired) electrons. The Balaban J connectivity index is 2.21. The first-order valence-electron chi connectivity index (χ1n) is 6.65. The van der Waals surface area contributed by atoms with E-state index in [0.717, 1.165) is 18.5 Å². The molecule has 0 aliphatic heterocycles. The quantitative estimate of drug-likeness (QED) is 0.861. The Morgan fingerprint density at radius 2 is 1.74 bits per heavy atom. The van der Waals surface area contributed by atoms with Crippen molar-refractivity contribution < 1.29 is 4.39 Å². The zero-order chi connectivity index (χ0) is 13.7. The van der Waals surface area contributed by atoms with Crippen molar-refractivity contribution in [2.24, 2.45) is 0 Å². The van der Waals surface area contributed by atoms with Crippen LogP contribution >= 0.6 is 0 Å². The van der Waals surface area contributed by atoms with E-state index in [4.69, 9.17) is 0 Å². The van der Waals surface area contributed by atoms with E-state index in [1.165, 1.54) is 17.2 Å². The Bertz CT molecular complexity index is 519. The fraction of sp³-hybridized carbons (Fsp3) is 0.294. The Hall–Kier alpha value is -1.67. The molecule has 1 N–H and O–H groups in total. The normalized spacial score (nSPS) is 12.4. The summed E-state index contributed by atoms with van der Waals surface area (Å²) < 4.78 is 13.9. The molecule has 0 spiro atoms. The Kier molecular flexibility index (Phi) is 4.69. The molecule has 2 aromatic rings.